The normalized spacial score (nSPS) is 13.7. The Morgan fingerprint density at radius 1 is 0.471 bits per heavy atom. The summed E-state index contributed by atoms with van der Waals surface area (Å²) < 4.78 is 0. The molecule has 4 N–H and O–H groups in total. The van der Waals surface area contributed by atoms with E-state index >= 15 is 0 Å². The Balaban J connectivity index is 3.64. The SMILES string of the molecule is CCCCCCCCCCCC/C=C/CCCC(O)C(O)C(CO)NC(=O)CCCCCCCCC/C=C\CCCCCCCCCCCCC. The average Bonchev–Trinajstić information content (AvgIpc) is 3.13. The fourth-order valence-corrected chi connectivity index (χ4v) is 6.98. The number of allylic oxidation sites excluding steroid dienone is 4. The maximum absolute atomic E-state index is 12.4. The van der Waals surface area contributed by atoms with Crippen molar-refractivity contribution in [2.24, 2.45) is 0 Å². The van der Waals surface area contributed by atoms with E-state index in [1.165, 1.54) is 173 Å². The minimum Gasteiger partial charge on any atom is -0.394 e. The number of unbranched alkanes of at least 4 members (excludes halogenated alkanes) is 29. The van der Waals surface area contributed by atoms with E-state index in [-0.39, 0.29) is 12.5 Å². The van der Waals surface area contributed by atoms with Crippen molar-refractivity contribution in [1.82, 2.24) is 5.32 Å². The molecule has 0 spiro atoms. The topological polar surface area (TPSA) is 89.8 Å². The van der Waals surface area contributed by atoms with E-state index in [1.54, 1.807) is 0 Å². The summed E-state index contributed by atoms with van der Waals surface area (Å²) in [7, 11) is 0. The van der Waals surface area contributed by atoms with Crippen molar-refractivity contribution in [3.63, 3.8) is 0 Å². The van der Waals surface area contributed by atoms with E-state index in [2.05, 4.69) is 43.5 Å². The Kier molecular flexibility index (Phi) is 40.6. The second-order valence-corrected chi connectivity index (χ2v) is 15.6. The van der Waals surface area contributed by atoms with E-state index in [0.717, 1.165) is 38.5 Å². The van der Waals surface area contributed by atoms with Gasteiger partial charge < -0.3 is 20.6 Å². The van der Waals surface area contributed by atoms with Crippen molar-refractivity contribution in [2.45, 2.75) is 257 Å². The molecule has 0 heterocycles. The lowest BCUT2D eigenvalue weighted by molar-refractivity contribution is -0.124. The van der Waals surface area contributed by atoms with Crippen molar-refractivity contribution < 1.29 is 20.1 Å². The van der Waals surface area contributed by atoms with Crippen LogP contribution in [0.2, 0.25) is 0 Å². The maximum atomic E-state index is 12.4. The Morgan fingerprint density at radius 2 is 0.784 bits per heavy atom. The van der Waals surface area contributed by atoms with Crippen LogP contribution in [0.4, 0.5) is 0 Å². The van der Waals surface area contributed by atoms with E-state index in [1.807, 2.05) is 0 Å². The zero-order valence-electron chi connectivity index (χ0n) is 34.2. The van der Waals surface area contributed by atoms with Crippen LogP contribution in [0.1, 0.15) is 239 Å². The van der Waals surface area contributed by atoms with Gasteiger partial charge in [0, 0.05) is 6.42 Å². The number of nitrogens with one attached hydrogen (secondary N) is 1. The lowest BCUT2D eigenvalue weighted by atomic mass is 10.0. The minimum absolute atomic E-state index is 0.157. The fraction of sp³-hybridized carbons (Fsp3) is 0.891. The molecule has 0 fully saturated rings. The molecule has 0 rings (SSSR count). The summed E-state index contributed by atoms with van der Waals surface area (Å²) in [6, 6.07) is -0.826. The molecule has 0 bridgehead atoms. The van der Waals surface area contributed by atoms with Crippen LogP contribution < -0.4 is 5.32 Å². The largest absolute Gasteiger partial charge is 0.394 e. The Morgan fingerprint density at radius 3 is 1.14 bits per heavy atom. The van der Waals surface area contributed by atoms with Gasteiger partial charge in [-0.2, -0.15) is 0 Å². The van der Waals surface area contributed by atoms with Crippen LogP contribution in [-0.2, 0) is 4.79 Å². The molecule has 0 saturated carbocycles. The summed E-state index contributed by atoms with van der Waals surface area (Å²) in [4.78, 5) is 12.4. The van der Waals surface area contributed by atoms with Gasteiger partial charge in [0.05, 0.1) is 18.8 Å². The van der Waals surface area contributed by atoms with Gasteiger partial charge in [-0.15, -0.1) is 0 Å². The molecule has 0 aliphatic heterocycles. The molecule has 0 aromatic heterocycles. The lowest BCUT2D eigenvalue weighted by Crippen LogP contribution is -2.50. The Hall–Kier alpha value is -1.17. The van der Waals surface area contributed by atoms with Crippen molar-refractivity contribution in [3.8, 4) is 0 Å². The van der Waals surface area contributed by atoms with Gasteiger partial charge >= 0.3 is 0 Å². The molecule has 0 saturated heterocycles. The third-order valence-corrected chi connectivity index (χ3v) is 10.5. The van der Waals surface area contributed by atoms with Gasteiger partial charge in [0.1, 0.15) is 6.10 Å². The molecule has 302 valence electrons. The van der Waals surface area contributed by atoms with Crippen LogP contribution in [0, 0.1) is 0 Å². The monoisotopic (exact) mass is 720 g/mol. The second-order valence-electron chi connectivity index (χ2n) is 15.6. The summed E-state index contributed by atoms with van der Waals surface area (Å²) in [6.45, 7) is 4.17. The Bertz CT molecular complexity index is 754. The zero-order chi connectivity index (χ0) is 37.3. The van der Waals surface area contributed by atoms with Crippen molar-refractivity contribution in [1.29, 1.82) is 0 Å². The first-order valence-electron chi connectivity index (χ1n) is 22.6. The molecule has 0 aromatic rings. The highest BCUT2D eigenvalue weighted by Gasteiger charge is 2.26. The molecule has 3 atom stereocenters. The van der Waals surface area contributed by atoms with Crippen molar-refractivity contribution >= 4 is 5.91 Å². The smallest absolute Gasteiger partial charge is 0.220 e. The maximum Gasteiger partial charge on any atom is 0.220 e. The summed E-state index contributed by atoms with van der Waals surface area (Å²) in [5.41, 5.74) is 0. The number of hydrogen-bond acceptors (Lipinski definition) is 4. The van der Waals surface area contributed by atoms with Crippen LogP contribution in [0.3, 0.4) is 0 Å². The van der Waals surface area contributed by atoms with Crippen LogP contribution in [0.25, 0.3) is 0 Å². The van der Waals surface area contributed by atoms with Gasteiger partial charge in [0.2, 0.25) is 5.91 Å². The third kappa shape index (κ3) is 37.0. The number of amides is 1. The quantitative estimate of drug-likeness (QED) is 0.0374. The first kappa shape index (κ1) is 49.8. The Labute approximate surface area is 318 Å². The van der Waals surface area contributed by atoms with Crippen LogP contribution in [0.15, 0.2) is 24.3 Å². The number of rotatable bonds is 41. The number of aliphatic hydroxyl groups excluding tert-OH is 3. The van der Waals surface area contributed by atoms with Gasteiger partial charge in [0.25, 0.3) is 0 Å². The van der Waals surface area contributed by atoms with Gasteiger partial charge in [-0.3, -0.25) is 4.79 Å². The molecule has 1 amide bonds. The number of carbonyl (C=O) groups excluding carboxylic acids is 1. The number of aliphatic hydroxyl groups is 3. The first-order chi connectivity index (χ1) is 25.1. The zero-order valence-corrected chi connectivity index (χ0v) is 34.2. The second kappa shape index (κ2) is 41.6. The van der Waals surface area contributed by atoms with Crippen LogP contribution in [0.5, 0.6) is 0 Å². The molecule has 3 unspecified atom stereocenters. The molecule has 51 heavy (non-hydrogen) atoms. The van der Waals surface area contributed by atoms with Crippen LogP contribution >= 0.6 is 0 Å². The van der Waals surface area contributed by atoms with Gasteiger partial charge in [-0.25, -0.2) is 0 Å². The molecule has 0 aliphatic rings. The average molecular weight is 720 g/mol. The molecule has 0 aliphatic carbocycles. The van der Waals surface area contributed by atoms with E-state index in [9.17, 15) is 20.1 Å². The standard InChI is InChI=1S/C46H89NO4/c1-3-5-7-9-11-13-15-17-19-20-21-22-23-24-25-27-29-31-33-35-37-39-41-45(50)47-43(42-48)46(51)44(49)40-38-36-34-32-30-28-26-18-16-14-12-10-8-6-4-2/h23-24,32,34,43-44,46,48-49,51H,3-22,25-31,33,35-42H2,1-2H3,(H,47,50)/b24-23-,34-32+. The summed E-state index contributed by atoms with van der Waals surface area (Å²) in [5, 5.41) is 33.5. The minimum atomic E-state index is -1.16. The van der Waals surface area contributed by atoms with Crippen molar-refractivity contribution in [3.05, 3.63) is 24.3 Å². The number of carbonyl (C=O) groups is 1. The summed E-state index contributed by atoms with van der Waals surface area (Å²) in [6.07, 6.45) is 50.1. The molecular weight excluding hydrogens is 631 g/mol. The molecule has 0 aromatic carbocycles. The highest BCUT2D eigenvalue weighted by Crippen LogP contribution is 2.15. The first-order valence-corrected chi connectivity index (χ1v) is 22.6. The lowest BCUT2D eigenvalue weighted by Gasteiger charge is -2.26. The summed E-state index contributed by atoms with van der Waals surface area (Å²) in [5.74, 6) is -0.157. The van der Waals surface area contributed by atoms with E-state index in [0.29, 0.717) is 12.8 Å². The molecule has 5 nitrogen and oxygen atoms in total. The van der Waals surface area contributed by atoms with Crippen LogP contribution in [-0.4, -0.2) is 46.1 Å². The van der Waals surface area contributed by atoms with Gasteiger partial charge in [0.15, 0.2) is 0 Å². The third-order valence-electron chi connectivity index (χ3n) is 10.5. The highest BCUT2D eigenvalue weighted by molar-refractivity contribution is 5.76. The molecule has 0 radical (unpaired) electrons. The van der Waals surface area contributed by atoms with Gasteiger partial charge in [-0.1, -0.05) is 192 Å². The summed E-state index contributed by atoms with van der Waals surface area (Å²) >= 11 is 0. The van der Waals surface area contributed by atoms with E-state index < -0.39 is 18.2 Å². The predicted octanol–water partition coefficient (Wildman–Crippen LogP) is 13.0. The molecular formula is C46H89NO4. The van der Waals surface area contributed by atoms with Gasteiger partial charge in [-0.05, 0) is 64.2 Å². The number of hydrogen-bond donors (Lipinski definition) is 4. The molecule has 5 heteroatoms. The van der Waals surface area contributed by atoms with E-state index in [4.69, 9.17) is 0 Å². The predicted molar refractivity (Wildman–Crippen MR) is 222 cm³/mol. The van der Waals surface area contributed by atoms with Crippen molar-refractivity contribution in [2.75, 3.05) is 6.61 Å². The fourth-order valence-electron chi connectivity index (χ4n) is 6.98. The highest BCUT2D eigenvalue weighted by atomic mass is 16.3.